The number of hydrogen-bond donors (Lipinski definition) is 2. The van der Waals surface area contributed by atoms with E-state index in [0.29, 0.717) is 17.7 Å². The molecule has 0 radical (unpaired) electrons. The van der Waals surface area contributed by atoms with Crippen molar-refractivity contribution in [2.45, 2.75) is 12.5 Å². The van der Waals surface area contributed by atoms with Crippen LogP contribution in [0.1, 0.15) is 12.0 Å². The molecule has 1 aliphatic heterocycles. The minimum absolute atomic E-state index is 0.0813. The fraction of sp³-hybridized carbons (Fsp3) is 0.364. The van der Waals surface area contributed by atoms with Gasteiger partial charge in [-0.25, -0.2) is 12.8 Å². The highest BCUT2D eigenvalue weighted by Gasteiger charge is 2.28. The predicted octanol–water partition coefficient (Wildman–Crippen LogP) is 1.06. The lowest BCUT2D eigenvalue weighted by atomic mass is 10.1. The molecule has 1 aromatic rings. The number of halogens is 1. The number of hydrogen-bond acceptors (Lipinski definition) is 4. The van der Waals surface area contributed by atoms with E-state index >= 15 is 0 Å². The first-order chi connectivity index (χ1) is 8.37. The Morgan fingerprint density at radius 1 is 1.50 bits per heavy atom. The average Bonchev–Trinajstić information content (AvgIpc) is 2.60. The fourth-order valence-corrected chi connectivity index (χ4v) is 3.82. The maximum absolute atomic E-state index is 13.1. The van der Waals surface area contributed by atoms with Crippen molar-refractivity contribution in [3.8, 4) is 0 Å². The number of nitrogens with two attached hydrogens (primary N) is 1. The van der Waals surface area contributed by atoms with Gasteiger partial charge in [0.25, 0.3) is 0 Å². The van der Waals surface area contributed by atoms with Gasteiger partial charge in [0.1, 0.15) is 10.8 Å². The van der Waals surface area contributed by atoms with E-state index in [4.69, 9.17) is 18.0 Å². The van der Waals surface area contributed by atoms with E-state index in [1.807, 2.05) is 0 Å². The zero-order valence-electron chi connectivity index (χ0n) is 9.52. The summed E-state index contributed by atoms with van der Waals surface area (Å²) in [5.41, 5.74) is 6.49. The second-order valence-electron chi connectivity index (χ2n) is 4.30. The molecule has 4 nitrogen and oxygen atoms in total. The molecule has 0 aromatic heterocycles. The summed E-state index contributed by atoms with van der Waals surface area (Å²) in [4.78, 5) is 0.0813. The fourth-order valence-electron chi connectivity index (χ4n) is 1.97. The molecule has 0 bridgehead atoms. The van der Waals surface area contributed by atoms with E-state index in [-0.39, 0.29) is 22.5 Å². The van der Waals surface area contributed by atoms with Crippen LogP contribution in [-0.4, -0.2) is 31.0 Å². The third-order valence-corrected chi connectivity index (χ3v) is 4.83. The molecule has 1 fully saturated rings. The second kappa shape index (κ2) is 4.81. The predicted molar refractivity (Wildman–Crippen MR) is 73.0 cm³/mol. The lowest BCUT2D eigenvalue weighted by molar-refractivity contribution is 0.602. The van der Waals surface area contributed by atoms with Crippen LogP contribution in [0.3, 0.4) is 0 Å². The van der Waals surface area contributed by atoms with Crippen molar-refractivity contribution in [3.05, 3.63) is 29.6 Å². The van der Waals surface area contributed by atoms with Crippen molar-refractivity contribution < 1.29 is 12.8 Å². The molecular weight excluding hydrogens is 275 g/mol. The topological polar surface area (TPSA) is 72.2 Å². The molecule has 1 atom stereocenters. The first-order valence-corrected chi connectivity index (χ1v) is 7.67. The quantitative estimate of drug-likeness (QED) is 0.814. The van der Waals surface area contributed by atoms with Crippen molar-refractivity contribution in [2.75, 3.05) is 16.8 Å². The summed E-state index contributed by atoms with van der Waals surface area (Å²) in [6.45, 7) is 0. The molecule has 0 saturated carbocycles. The van der Waals surface area contributed by atoms with Crippen molar-refractivity contribution in [2.24, 2.45) is 5.73 Å². The molecule has 0 spiro atoms. The molecule has 1 saturated heterocycles. The molecule has 1 aromatic carbocycles. The Bertz CT molecular complexity index is 587. The molecule has 2 rings (SSSR count). The standard InChI is InChI=1S/C11H13FN2O2S2/c12-7-1-2-10(9(5-7)11(13)17)14-8-3-4-18(15,16)6-8/h1-2,5,8,14H,3-4,6H2,(H2,13,17). The van der Waals surface area contributed by atoms with Gasteiger partial charge in [-0.15, -0.1) is 0 Å². The lowest BCUT2D eigenvalue weighted by Crippen LogP contribution is -2.23. The summed E-state index contributed by atoms with van der Waals surface area (Å²) in [7, 11) is -2.96. The van der Waals surface area contributed by atoms with Crippen LogP contribution in [0.25, 0.3) is 0 Å². The van der Waals surface area contributed by atoms with Crippen molar-refractivity contribution in [3.63, 3.8) is 0 Å². The van der Waals surface area contributed by atoms with Crippen molar-refractivity contribution in [1.82, 2.24) is 0 Å². The monoisotopic (exact) mass is 288 g/mol. The highest BCUT2D eigenvalue weighted by molar-refractivity contribution is 7.91. The van der Waals surface area contributed by atoms with E-state index in [0.717, 1.165) is 0 Å². The number of nitrogens with one attached hydrogen (secondary N) is 1. The van der Waals surface area contributed by atoms with Crippen molar-refractivity contribution >= 4 is 32.7 Å². The van der Waals surface area contributed by atoms with Gasteiger partial charge in [0.05, 0.1) is 11.5 Å². The Morgan fingerprint density at radius 2 is 2.22 bits per heavy atom. The van der Waals surface area contributed by atoms with E-state index in [2.05, 4.69) is 5.32 Å². The summed E-state index contributed by atoms with van der Waals surface area (Å²) in [6, 6.07) is 3.88. The van der Waals surface area contributed by atoms with E-state index in [1.54, 1.807) is 0 Å². The number of anilines is 1. The van der Waals surface area contributed by atoms with Crippen LogP contribution in [0.4, 0.5) is 10.1 Å². The van der Waals surface area contributed by atoms with Gasteiger partial charge in [-0.1, -0.05) is 12.2 Å². The number of thiocarbonyl (C=S) groups is 1. The second-order valence-corrected chi connectivity index (χ2v) is 6.97. The van der Waals surface area contributed by atoms with Crippen LogP contribution >= 0.6 is 12.2 Å². The third kappa shape index (κ3) is 2.97. The molecule has 18 heavy (non-hydrogen) atoms. The molecule has 1 aliphatic rings. The van der Waals surface area contributed by atoms with Crippen molar-refractivity contribution in [1.29, 1.82) is 0 Å². The average molecular weight is 288 g/mol. The largest absolute Gasteiger partial charge is 0.389 e. The van der Waals surface area contributed by atoms with Crippen LogP contribution in [0.15, 0.2) is 18.2 Å². The SMILES string of the molecule is NC(=S)c1cc(F)ccc1NC1CCS(=O)(=O)C1. The Hall–Kier alpha value is -1.21. The Balaban J connectivity index is 2.22. The van der Waals surface area contributed by atoms with E-state index in [1.165, 1.54) is 18.2 Å². The van der Waals surface area contributed by atoms with Crippen LogP contribution in [0.2, 0.25) is 0 Å². The van der Waals surface area contributed by atoms with Gasteiger partial charge in [-0.2, -0.15) is 0 Å². The number of sulfone groups is 1. The van der Waals surface area contributed by atoms with Crippen LogP contribution in [-0.2, 0) is 9.84 Å². The first-order valence-electron chi connectivity index (χ1n) is 5.44. The number of benzene rings is 1. The molecular formula is C11H13FN2O2S2. The van der Waals surface area contributed by atoms with E-state index in [9.17, 15) is 12.8 Å². The van der Waals surface area contributed by atoms with Crippen LogP contribution in [0.5, 0.6) is 0 Å². The van der Waals surface area contributed by atoms with Gasteiger partial charge >= 0.3 is 0 Å². The van der Waals surface area contributed by atoms with Gasteiger partial charge < -0.3 is 11.1 Å². The Kier molecular flexibility index (Phi) is 3.54. The Labute approximate surface area is 110 Å². The third-order valence-electron chi connectivity index (χ3n) is 2.84. The van der Waals surface area contributed by atoms with Gasteiger partial charge in [0.15, 0.2) is 9.84 Å². The minimum Gasteiger partial charge on any atom is -0.389 e. The molecule has 3 N–H and O–H groups in total. The summed E-state index contributed by atoms with van der Waals surface area (Å²) >= 11 is 4.85. The molecule has 7 heteroatoms. The normalized spacial score (nSPS) is 21.7. The number of rotatable bonds is 3. The zero-order valence-corrected chi connectivity index (χ0v) is 11.2. The molecule has 0 amide bonds. The summed E-state index contributed by atoms with van der Waals surface area (Å²) in [5.74, 6) is -0.169. The molecule has 98 valence electrons. The summed E-state index contributed by atoms with van der Waals surface area (Å²) < 4.78 is 35.8. The van der Waals surface area contributed by atoms with Gasteiger partial charge in [0.2, 0.25) is 0 Å². The molecule has 0 aliphatic carbocycles. The maximum Gasteiger partial charge on any atom is 0.152 e. The summed E-state index contributed by atoms with van der Waals surface area (Å²) in [6.07, 6.45) is 0.538. The zero-order chi connectivity index (χ0) is 13.3. The lowest BCUT2D eigenvalue weighted by Gasteiger charge is -2.15. The molecule has 1 heterocycles. The smallest absolute Gasteiger partial charge is 0.152 e. The molecule has 1 unspecified atom stereocenters. The minimum atomic E-state index is -2.96. The summed E-state index contributed by atoms with van der Waals surface area (Å²) in [5, 5.41) is 3.06. The highest BCUT2D eigenvalue weighted by atomic mass is 32.2. The highest BCUT2D eigenvalue weighted by Crippen LogP contribution is 2.22. The Morgan fingerprint density at radius 3 is 2.78 bits per heavy atom. The van der Waals surface area contributed by atoms with E-state index < -0.39 is 15.7 Å². The van der Waals surface area contributed by atoms with Gasteiger partial charge in [-0.05, 0) is 24.6 Å². The van der Waals surface area contributed by atoms with Gasteiger partial charge in [0, 0.05) is 17.3 Å². The van der Waals surface area contributed by atoms with Crippen LogP contribution in [0, 0.1) is 5.82 Å². The first kappa shape index (κ1) is 13.2. The van der Waals surface area contributed by atoms with Crippen LogP contribution < -0.4 is 11.1 Å². The maximum atomic E-state index is 13.1. The van der Waals surface area contributed by atoms with Gasteiger partial charge in [-0.3, -0.25) is 0 Å².